The molecule has 0 aromatic heterocycles. The maximum absolute atomic E-state index is 12.0. The summed E-state index contributed by atoms with van der Waals surface area (Å²) in [4.78, 5) is 24.5. The molecule has 80 valence electrons. The summed E-state index contributed by atoms with van der Waals surface area (Å²) in [6.45, 7) is 0.774. The summed E-state index contributed by atoms with van der Waals surface area (Å²) in [5, 5.41) is 0. The van der Waals surface area contributed by atoms with Crippen LogP contribution in [-0.2, 0) is 9.53 Å². The van der Waals surface area contributed by atoms with Crippen LogP contribution in [0.25, 0.3) is 0 Å². The maximum atomic E-state index is 12.0. The molecule has 1 saturated heterocycles. The molecule has 0 radical (unpaired) electrons. The molecular formula is C11H13NO3. The van der Waals surface area contributed by atoms with E-state index in [9.17, 15) is 9.59 Å². The number of imide groups is 1. The van der Waals surface area contributed by atoms with Crippen LogP contribution < -0.4 is 0 Å². The highest BCUT2D eigenvalue weighted by molar-refractivity contribution is 5.94. The number of carbonyl (C=O) groups excluding carboxylic acids is 2. The number of hydrogen-bond donors (Lipinski definition) is 0. The van der Waals surface area contributed by atoms with Gasteiger partial charge in [-0.1, -0.05) is 12.2 Å². The van der Waals surface area contributed by atoms with Crippen LogP contribution in [-0.4, -0.2) is 30.1 Å². The Morgan fingerprint density at radius 2 is 2.27 bits per heavy atom. The highest BCUT2D eigenvalue weighted by Crippen LogP contribution is 2.44. The zero-order valence-corrected chi connectivity index (χ0v) is 8.39. The van der Waals surface area contributed by atoms with Crippen molar-refractivity contribution in [1.29, 1.82) is 0 Å². The van der Waals surface area contributed by atoms with Crippen molar-refractivity contribution in [3.05, 3.63) is 12.2 Å². The molecular weight excluding hydrogens is 194 g/mol. The molecule has 3 atom stereocenters. The summed E-state index contributed by atoms with van der Waals surface area (Å²) in [5.41, 5.74) is 0. The lowest BCUT2D eigenvalue weighted by atomic mass is 9.92. The molecule has 1 aliphatic heterocycles. The van der Waals surface area contributed by atoms with Crippen molar-refractivity contribution in [2.45, 2.75) is 12.8 Å². The lowest BCUT2D eigenvalue weighted by Gasteiger charge is -2.20. The second kappa shape index (κ2) is 3.08. The highest BCUT2D eigenvalue weighted by atomic mass is 16.6. The SMILES string of the molecule is O=C1OCCN1C(=O)[C@H]1C[C@H]2C=C[C@@H]1C2. The van der Waals surface area contributed by atoms with Gasteiger partial charge in [-0.05, 0) is 24.7 Å². The number of rotatable bonds is 1. The number of carbonyl (C=O) groups is 2. The molecule has 4 heteroatoms. The Morgan fingerprint density at radius 3 is 2.80 bits per heavy atom. The van der Waals surface area contributed by atoms with Gasteiger partial charge in [0.25, 0.3) is 0 Å². The molecule has 0 unspecified atom stereocenters. The van der Waals surface area contributed by atoms with Gasteiger partial charge in [0.2, 0.25) is 5.91 Å². The van der Waals surface area contributed by atoms with Crippen LogP contribution in [0.3, 0.4) is 0 Å². The second-order valence-electron chi connectivity index (χ2n) is 4.49. The van der Waals surface area contributed by atoms with E-state index in [-0.39, 0.29) is 11.8 Å². The predicted octanol–water partition coefficient (Wildman–Crippen LogP) is 1.18. The summed E-state index contributed by atoms with van der Waals surface area (Å²) in [6.07, 6.45) is 5.84. The zero-order chi connectivity index (χ0) is 10.4. The minimum atomic E-state index is -0.466. The first-order valence-corrected chi connectivity index (χ1v) is 5.42. The first-order chi connectivity index (χ1) is 7.25. The molecule has 1 heterocycles. The van der Waals surface area contributed by atoms with Gasteiger partial charge in [0.1, 0.15) is 6.61 Å². The van der Waals surface area contributed by atoms with E-state index in [1.165, 1.54) is 4.90 Å². The second-order valence-corrected chi connectivity index (χ2v) is 4.49. The lowest BCUT2D eigenvalue weighted by Crippen LogP contribution is -2.38. The van der Waals surface area contributed by atoms with Gasteiger partial charge in [0, 0.05) is 5.92 Å². The third-order valence-corrected chi connectivity index (χ3v) is 3.62. The van der Waals surface area contributed by atoms with Gasteiger partial charge in [-0.25, -0.2) is 9.69 Å². The van der Waals surface area contributed by atoms with Crippen molar-refractivity contribution >= 4 is 12.0 Å². The molecule has 0 spiro atoms. The topological polar surface area (TPSA) is 46.6 Å². The smallest absolute Gasteiger partial charge is 0.416 e. The third-order valence-electron chi connectivity index (χ3n) is 3.62. The quantitative estimate of drug-likeness (QED) is 0.606. The Morgan fingerprint density at radius 1 is 1.40 bits per heavy atom. The maximum Gasteiger partial charge on any atom is 0.416 e. The van der Waals surface area contributed by atoms with Crippen LogP contribution in [0.4, 0.5) is 4.79 Å². The fourth-order valence-corrected chi connectivity index (χ4v) is 2.86. The van der Waals surface area contributed by atoms with Gasteiger partial charge in [0.05, 0.1) is 6.54 Å². The number of hydrogen-bond acceptors (Lipinski definition) is 3. The average molecular weight is 207 g/mol. The van der Waals surface area contributed by atoms with Gasteiger partial charge in [-0.3, -0.25) is 4.79 Å². The summed E-state index contributed by atoms with van der Waals surface area (Å²) < 4.78 is 4.77. The highest BCUT2D eigenvalue weighted by Gasteiger charge is 2.43. The zero-order valence-electron chi connectivity index (χ0n) is 8.39. The summed E-state index contributed by atoms with van der Waals surface area (Å²) in [5.74, 6) is 0.901. The van der Waals surface area contributed by atoms with Crippen molar-refractivity contribution in [2.75, 3.05) is 13.2 Å². The molecule has 1 saturated carbocycles. The van der Waals surface area contributed by atoms with E-state index in [0.717, 1.165) is 12.8 Å². The van der Waals surface area contributed by atoms with Crippen molar-refractivity contribution in [2.24, 2.45) is 17.8 Å². The van der Waals surface area contributed by atoms with E-state index >= 15 is 0 Å². The van der Waals surface area contributed by atoms with E-state index in [1.807, 2.05) is 0 Å². The van der Waals surface area contributed by atoms with Gasteiger partial charge in [0.15, 0.2) is 0 Å². The fraction of sp³-hybridized carbons (Fsp3) is 0.636. The van der Waals surface area contributed by atoms with Gasteiger partial charge >= 0.3 is 6.09 Å². The first kappa shape index (κ1) is 8.95. The molecule has 0 aromatic carbocycles. The minimum Gasteiger partial charge on any atom is -0.447 e. The van der Waals surface area contributed by atoms with Gasteiger partial charge < -0.3 is 4.74 Å². The van der Waals surface area contributed by atoms with Crippen molar-refractivity contribution in [3.8, 4) is 0 Å². The van der Waals surface area contributed by atoms with Gasteiger partial charge in [-0.2, -0.15) is 0 Å². The van der Waals surface area contributed by atoms with Crippen LogP contribution in [0.2, 0.25) is 0 Å². The largest absolute Gasteiger partial charge is 0.447 e. The molecule has 2 bridgehead atoms. The van der Waals surface area contributed by atoms with E-state index in [4.69, 9.17) is 4.74 Å². The van der Waals surface area contributed by atoms with E-state index in [1.54, 1.807) is 0 Å². The number of nitrogens with zero attached hydrogens (tertiary/aromatic N) is 1. The summed E-state index contributed by atoms with van der Waals surface area (Å²) in [6, 6.07) is 0. The summed E-state index contributed by atoms with van der Waals surface area (Å²) >= 11 is 0. The molecule has 4 nitrogen and oxygen atoms in total. The number of cyclic esters (lactones) is 1. The van der Waals surface area contributed by atoms with E-state index in [0.29, 0.717) is 25.0 Å². The van der Waals surface area contributed by atoms with Crippen LogP contribution in [0.15, 0.2) is 12.2 Å². The van der Waals surface area contributed by atoms with Crippen molar-refractivity contribution in [3.63, 3.8) is 0 Å². The molecule has 2 amide bonds. The standard InChI is InChI=1S/C11H13NO3/c13-10(12-3-4-15-11(12)14)9-6-7-1-2-8(9)5-7/h1-2,7-9H,3-6H2/t7-,8+,9-/m0/s1. The van der Waals surface area contributed by atoms with Crippen LogP contribution in [0.5, 0.6) is 0 Å². The average Bonchev–Trinajstić information content (AvgIpc) is 2.91. The summed E-state index contributed by atoms with van der Waals surface area (Å²) in [7, 11) is 0. The Bertz CT molecular complexity index is 350. The Labute approximate surface area is 87.9 Å². The number of ether oxygens (including phenoxy) is 1. The number of fused-ring (bicyclic) bond motifs is 2. The normalized spacial score (nSPS) is 37.5. The Hall–Kier alpha value is -1.32. The fourth-order valence-electron chi connectivity index (χ4n) is 2.86. The monoisotopic (exact) mass is 207 g/mol. The van der Waals surface area contributed by atoms with Crippen LogP contribution in [0, 0.1) is 17.8 Å². The van der Waals surface area contributed by atoms with E-state index < -0.39 is 6.09 Å². The molecule has 3 rings (SSSR count). The van der Waals surface area contributed by atoms with Crippen molar-refractivity contribution < 1.29 is 14.3 Å². The van der Waals surface area contributed by atoms with Crippen molar-refractivity contribution in [1.82, 2.24) is 4.90 Å². The minimum absolute atomic E-state index is 0.0191. The van der Waals surface area contributed by atoms with Crippen LogP contribution in [0.1, 0.15) is 12.8 Å². The number of allylic oxidation sites excluding steroid dienone is 2. The van der Waals surface area contributed by atoms with Crippen LogP contribution >= 0.6 is 0 Å². The first-order valence-electron chi connectivity index (χ1n) is 5.42. The van der Waals surface area contributed by atoms with Gasteiger partial charge in [-0.15, -0.1) is 0 Å². The molecule has 2 aliphatic carbocycles. The number of amides is 2. The molecule has 15 heavy (non-hydrogen) atoms. The third kappa shape index (κ3) is 1.28. The lowest BCUT2D eigenvalue weighted by molar-refractivity contribution is -0.132. The molecule has 2 fully saturated rings. The molecule has 3 aliphatic rings. The Balaban J connectivity index is 1.75. The Kier molecular flexibility index (Phi) is 1.84. The van der Waals surface area contributed by atoms with E-state index in [2.05, 4.69) is 12.2 Å². The predicted molar refractivity (Wildman–Crippen MR) is 51.9 cm³/mol. The molecule has 0 aromatic rings. The molecule has 0 N–H and O–H groups in total.